The Morgan fingerprint density at radius 2 is 1.94 bits per heavy atom. The third-order valence-electron chi connectivity index (χ3n) is 2.58. The van der Waals surface area contributed by atoms with Gasteiger partial charge in [0.15, 0.2) is 0 Å². The van der Waals surface area contributed by atoms with Gasteiger partial charge in [-0.3, -0.25) is 0 Å². The summed E-state index contributed by atoms with van der Waals surface area (Å²) in [4.78, 5) is 4.98. The Balaban J connectivity index is 2.01. The van der Waals surface area contributed by atoms with Gasteiger partial charge in [-0.05, 0) is 30.5 Å². The first kappa shape index (κ1) is 11.4. The van der Waals surface area contributed by atoms with Crippen molar-refractivity contribution >= 4 is 0 Å². The Labute approximate surface area is 91.4 Å². The van der Waals surface area contributed by atoms with Crippen LogP contribution in [0, 0.1) is 0 Å². The summed E-state index contributed by atoms with van der Waals surface area (Å²) in [7, 11) is 0. The molecule has 1 saturated heterocycles. The van der Waals surface area contributed by atoms with E-state index in [2.05, 4.69) is 5.48 Å². The van der Waals surface area contributed by atoms with Crippen LogP contribution in [0.4, 0.5) is 13.2 Å². The molecule has 1 heterocycles. The molecule has 0 aromatic heterocycles. The average Bonchev–Trinajstić information content (AvgIpc) is 2.70. The monoisotopic (exact) mass is 231 g/mol. The van der Waals surface area contributed by atoms with E-state index in [4.69, 9.17) is 4.84 Å². The molecule has 2 nitrogen and oxygen atoms in total. The minimum atomic E-state index is -4.26. The molecule has 5 heteroatoms. The van der Waals surface area contributed by atoms with Crippen LogP contribution in [0.15, 0.2) is 24.3 Å². The molecule has 1 aromatic rings. The summed E-state index contributed by atoms with van der Waals surface area (Å²) in [5.41, 5.74) is 3.11. The zero-order valence-corrected chi connectivity index (χ0v) is 8.55. The SMILES string of the molecule is FC(F)(F)c1ccc(C[C@H]2CCON2)cc1. The second kappa shape index (κ2) is 4.43. The summed E-state index contributed by atoms with van der Waals surface area (Å²) in [6.45, 7) is 0.658. The number of hydrogen-bond acceptors (Lipinski definition) is 2. The van der Waals surface area contributed by atoms with Crippen LogP contribution in [0.5, 0.6) is 0 Å². The number of rotatable bonds is 2. The molecular formula is C11H12F3NO. The standard InChI is InChI=1S/C11H12F3NO/c12-11(13,14)9-3-1-8(2-4-9)7-10-5-6-16-15-10/h1-4,10,15H,5-7H2/t10-/m1/s1. The lowest BCUT2D eigenvalue weighted by atomic mass is 10.0. The van der Waals surface area contributed by atoms with E-state index in [1.54, 1.807) is 0 Å². The molecule has 1 aromatic carbocycles. The van der Waals surface area contributed by atoms with Crippen molar-refractivity contribution in [3.05, 3.63) is 35.4 Å². The van der Waals surface area contributed by atoms with Crippen LogP contribution < -0.4 is 5.48 Å². The summed E-state index contributed by atoms with van der Waals surface area (Å²) in [6, 6.07) is 5.47. The van der Waals surface area contributed by atoms with Crippen LogP contribution in [0.3, 0.4) is 0 Å². The predicted octanol–water partition coefficient (Wildman–Crippen LogP) is 2.54. The van der Waals surface area contributed by atoms with Crippen molar-refractivity contribution in [2.45, 2.75) is 25.1 Å². The molecule has 1 atom stereocenters. The number of alkyl halides is 3. The van der Waals surface area contributed by atoms with E-state index in [9.17, 15) is 13.2 Å². The maximum absolute atomic E-state index is 12.3. The number of nitrogens with one attached hydrogen (secondary N) is 1. The summed E-state index contributed by atoms with van der Waals surface area (Å²) in [5, 5.41) is 0. The molecule has 0 amide bonds. The predicted molar refractivity (Wildman–Crippen MR) is 52.6 cm³/mol. The molecule has 0 bridgehead atoms. The van der Waals surface area contributed by atoms with Gasteiger partial charge in [0.25, 0.3) is 0 Å². The molecule has 1 aliphatic heterocycles. The van der Waals surface area contributed by atoms with E-state index in [1.165, 1.54) is 12.1 Å². The first-order valence-electron chi connectivity index (χ1n) is 5.09. The van der Waals surface area contributed by atoms with Gasteiger partial charge in [-0.15, -0.1) is 0 Å². The lowest BCUT2D eigenvalue weighted by Crippen LogP contribution is -2.22. The largest absolute Gasteiger partial charge is 0.416 e. The number of hydrogen-bond donors (Lipinski definition) is 1. The van der Waals surface area contributed by atoms with Crippen molar-refractivity contribution in [1.29, 1.82) is 0 Å². The van der Waals surface area contributed by atoms with Gasteiger partial charge in [0.1, 0.15) is 0 Å². The molecule has 0 saturated carbocycles. The minimum Gasteiger partial charge on any atom is -0.301 e. The first-order valence-corrected chi connectivity index (χ1v) is 5.09. The van der Waals surface area contributed by atoms with Gasteiger partial charge in [-0.1, -0.05) is 12.1 Å². The Kier molecular flexibility index (Phi) is 3.16. The van der Waals surface area contributed by atoms with Gasteiger partial charge in [0, 0.05) is 6.04 Å². The minimum absolute atomic E-state index is 0.205. The quantitative estimate of drug-likeness (QED) is 0.844. The molecule has 0 unspecified atom stereocenters. The normalized spacial score (nSPS) is 21.3. The van der Waals surface area contributed by atoms with Crippen LogP contribution in [-0.2, 0) is 17.4 Å². The number of hydroxylamine groups is 1. The van der Waals surface area contributed by atoms with Crippen molar-refractivity contribution in [2.75, 3.05) is 6.61 Å². The smallest absolute Gasteiger partial charge is 0.301 e. The summed E-state index contributed by atoms with van der Waals surface area (Å²) in [6.07, 6.45) is -2.67. The summed E-state index contributed by atoms with van der Waals surface area (Å²) < 4.78 is 36.9. The van der Waals surface area contributed by atoms with Crippen molar-refractivity contribution in [3.8, 4) is 0 Å². The van der Waals surface area contributed by atoms with E-state index < -0.39 is 11.7 Å². The van der Waals surface area contributed by atoms with Gasteiger partial charge in [-0.25, -0.2) is 0 Å². The lowest BCUT2D eigenvalue weighted by Gasteiger charge is -2.10. The topological polar surface area (TPSA) is 21.3 Å². The van der Waals surface area contributed by atoms with Crippen molar-refractivity contribution < 1.29 is 18.0 Å². The van der Waals surface area contributed by atoms with E-state index in [0.717, 1.165) is 24.1 Å². The highest BCUT2D eigenvalue weighted by atomic mass is 19.4. The van der Waals surface area contributed by atoms with Crippen molar-refractivity contribution in [1.82, 2.24) is 5.48 Å². The zero-order chi connectivity index (χ0) is 11.6. The molecule has 88 valence electrons. The van der Waals surface area contributed by atoms with E-state index in [1.807, 2.05) is 0 Å². The Morgan fingerprint density at radius 1 is 1.25 bits per heavy atom. The molecule has 1 aliphatic rings. The number of benzene rings is 1. The highest BCUT2D eigenvalue weighted by Gasteiger charge is 2.30. The van der Waals surface area contributed by atoms with Crippen LogP contribution >= 0.6 is 0 Å². The van der Waals surface area contributed by atoms with Gasteiger partial charge in [0.2, 0.25) is 0 Å². The fourth-order valence-electron chi connectivity index (χ4n) is 1.69. The van der Waals surface area contributed by atoms with Gasteiger partial charge < -0.3 is 4.84 Å². The van der Waals surface area contributed by atoms with E-state index in [0.29, 0.717) is 13.0 Å². The Bertz CT molecular complexity index is 341. The Morgan fingerprint density at radius 3 is 2.44 bits per heavy atom. The lowest BCUT2D eigenvalue weighted by molar-refractivity contribution is -0.137. The molecular weight excluding hydrogens is 219 g/mol. The van der Waals surface area contributed by atoms with Crippen LogP contribution in [0.1, 0.15) is 17.5 Å². The van der Waals surface area contributed by atoms with Crippen LogP contribution in [0.25, 0.3) is 0 Å². The molecule has 0 spiro atoms. The molecule has 1 fully saturated rings. The molecule has 0 radical (unpaired) electrons. The Hall–Kier alpha value is -1.07. The highest BCUT2D eigenvalue weighted by Crippen LogP contribution is 2.29. The highest BCUT2D eigenvalue weighted by molar-refractivity contribution is 5.25. The van der Waals surface area contributed by atoms with Crippen molar-refractivity contribution in [2.24, 2.45) is 0 Å². The van der Waals surface area contributed by atoms with Gasteiger partial charge >= 0.3 is 6.18 Å². The third-order valence-corrected chi connectivity index (χ3v) is 2.58. The second-order valence-corrected chi connectivity index (χ2v) is 3.85. The van der Waals surface area contributed by atoms with Crippen LogP contribution in [0.2, 0.25) is 0 Å². The molecule has 0 aliphatic carbocycles. The average molecular weight is 231 g/mol. The van der Waals surface area contributed by atoms with Crippen molar-refractivity contribution in [3.63, 3.8) is 0 Å². The summed E-state index contributed by atoms with van der Waals surface area (Å²) >= 11 is 0. The fourth-order valence-corrected chi connectivity index (χ4v) is 1.69. The fraction of sp³-hybridized carbons (Fsp3) is 0.455. The van der Waals surface area contributed by atoms with Crippen LogP contribution in [-0.4, -0.2) is 12.6 Å². The van der Waals surface area contributed by atoms with E-state index >= 15 is 0 Å². The third kappa shape index (κ3) is 2.74. The molecule has 1 N–H and O–H groups in total. The first-order chi connectivity index (χ1) is 7.55. The van der Waals surface area contributed by atoms with Gasteiger partial charge in [-0.2, -0.15) is 18.7 Å². The molecule has 16 heavy (non-hydrogen) atoms. The number of halogens is 3. The summed E-state index contributed by atoms with van der Waals surface area (Å²) in [5.74, 6) is 0. The maximum atomic E-state index is 12.3. The van der Waals surface area contributed by atoms with E-state index in [-0.39, 0.29) is 6.04 Å². The second-order valence-electron chi connectivity index (χ2n) is 3.85. The molecule has 2 rings (SSSR count). The maximum Gasteiger partial charge on any atom is 0.416 e. The zero-order valence-electron chi connectivity index (χ0n) is 8.55. The van der Waals surface area contributed by atoms with Gasteiger partial charge in [0.05, 0.1) is 12.2 Å².